The molecule has 1 atom stereocenters. The van der Waals surface area contributed by atoms with Crippen LogP contribution in [0.2, 0.25) is 0 Å². The second-order valence-electron chi connectivity index (χ2n) is 12.1. The molecule has 6 amide bonds. The van der Waals surface area contributed by atoms with Crippen molar-refractivity contribution in [3.8, 4) is 0 Å². The first-order chi connectivity index (χ1) is 24.1. The molecule has 0 aliphatic carbocycles. The van der Waals surface area contributed by atoms with E-state index in [4.69, 9.17) is 0 Å². The number of imide groups is 2. The number of aromatic nitrogens is 2. The van der Waals surface area contributed by atoms with Gasteiger partial charge in [0.15, 0.2) is 0 Å². The van der Waals surface area contributed by atoms with Crippen molar-refractivity contribution in [3.05, 3.63) is 105 Å². The van der Waals surface area contributed by atoms with Crippen molar-refractivity contribution in [1.82, 2.24) is 30.2 Å². The van der Waals surface area contributed by atoms with Crippen LogP contribution in [0.5, 0.6) is 0 Å². The fourth-order valence-corrected chi connectivity index (χ4v) is 7.49. The normalized spacial score (nSPS) is 17.7. The summed E-state index contributed by atoms with van der Waals surface area (Å²) in [5.41, 5.74) is 1.04. The largest absolute Gasteiger partial charge is 0.338 e. The standard InChI is InChI=1S/C35H29FN6O7S/c36-24-9-8-19(17-25-20-4-1-2-5-21(20)31(45)39-38-25)16-23(24)33(47)41-14-12-40(13-15-41)29(44)18-50-27-7-3-6-22-30(27)35(49)42(34(22)48)26-10-11-28(43)37-32(26)46/h1-9,16,26H,10-15,17-18H2,(H,39,45)(H,37,43,46). The topological polar surface area (TPSA) is 170 Å². The summed E-state index contributed by atoms with van der Waals surface area (Å²) in [7, 11) is 0. The molecule has 15 heteroatoms. The van der Waals surface area contributed by atoms with Crippen LogP contribution in [0.1, 0.15) is 55.2 Å². The number of nitrogens with one attached hydrogen (secondary N) is 2. The molecule has 0 bridgehead atoms. The smallest absolute Gasteiger partial charge is 0.272 e. The number of H-pyrrole nitrogens is 1. The monoisotopic (exact) mass is 696 g/mol. The quantitative estimate of drug-likeness (QED) is 0.217. The summed E-state index contributed by atoms with van der Waals surface area (Å²) in [4.78, 5) is 93.7. The number of benzene rings is 3. The molecule has 13 nitrogen and oxygen atoms in total. The Morgan fingerprint density at radius 2 is 1.62 bits per heavy atom. The van der Waals surface area contributed by atoms with Crippen molar-refractivity contribution >= 4 is 58.0 Å². The third-order valence-electron chi connectivity index (χ3n) is 9.11. The second kappa shape index (κ2) is 13.3. The highest BCUT2D eigenvalue weighted by Crippen LogP contribution is 2.34. The number of carbonyl (C=O) groups excluding carboxylic acids is 6. The number of hydrogen-bond donors (Lipinski definition) is 2. The Balaban J connectivity index is 0.974. The fraction of sp³-hybridized carbons (Fsp3) is 0.257. The molecule has 1 unspecified atom stereocenters. The first-order valence-electron chi connectivity index (χ1n) is 15.9. The molecule has 3 aromatic carbocycles. The van der Waals surface area contributed by atoms with Crippen molar-refractivity contribution in [3.63, 3.8) is 0 Å². The maximum absolute atomic E-state index is 14.9. The molecule has 0 radical (unpaired) electrons. The Bertz CT molecular complexity index is 2180. The Labute approximate surface area is 287 Å². The highest BCUT2D eigenvalue weighted by Gasteiger charge is 2.45. The van der Waals surface area contributed by atoms with Gasteiger partial charge in [-0.1, -0.05) is 30.3 Å². The van der Waals surface area contributed by atoms with Gasteiger partial charge in [-0.05, 0) is 42.3 Å². The highest BCUT2D eigenvalue weighted by molar-refractivity contribution is 8.00. The maximum atomic E-state index is 14.9. The van der Waals surface area contributed by atoms with Crippen LogP contribution in [0.4, 0.5) is 4.39 Å². The van der Waals surface area contributed by atoms with Gasteiger partial charge in [-0.3, -0.25) is 43.8 Å². The number of piperazine rings is 1. The maximum Gasteiger partial charge on any atom is 0.272 e. The SMILES string of the molecule is O=C1CCC(N2C(=O)c3cccc(SCC(=O)N4CCN(C(=O)c5cc(Cc6n[nH]c(=O)c7ccccc67)ccc5F)CC4)c3C2=O)C(=O)N1. The number of piperidine rings is 1. The van der Waals surface area contributed by atoms with Gasteiger partial charge >= 0.3 is 0 Å². The molecule has 0 saturated carbocycles. The zero-order valence-electron chi connectivity index (χ0n) is 26.4. The van der Waals surface area contributed by atoms with Crippen LogP contribution in [-0.2, 0) is 20.8 Å². The number of halogens is 1. The molecule has 7 rings (SSSR count). The third-order valence-corrected chi connectivity index (χ3v) is 10.2. The number of aromatic amines is 1. The van der Waals surface area contributed by atoms with E-state index in [9.17, 15) is 38.0 Å². The van der Waals surface area contributed by atoms with E-state index in [0.29, 0.717) is 26.9 Å². The molecule has 1 aromatic heterocycles. The third kappa shape index (κ3) is 6.04. The average molecular weight is 697 g/mol. The van der Waals surface area contributed by atoms with Gasteiger partial charge in [0.2, 0.25) is 17.7 Å². The zero-order valence-corrected chi connectivity index (χ0v) is 27.3. The molecule has 3 aliphatic heterocycles. The lowest BCUT2D eigenvalue weighted by molar-refractivity contribution is -0.136. The van der Waals surface area contributed by atoms with E-state index in [1.807, 2.05) is 0 Å². The number of thioether (sulfide) groups is 1. The minimum absolute atomic E-state index is 0.00762. The molecule has 2 fully saturated rings. The average Bonchev–Trinajstić information content (AvgIpc) is 3.38. The first-order valence-corrected chi connectivity index (χ1v) is 16.9. The van der Waals surface area contributed by atoms with Gasteiger partial charge < -0.3 is 9.80 Å². The lowest BCUT2D eigenvalue weighted by Crippen LogP contribution is -2.54. The fourth-order valence-electron chi connectivity index (χ4n) is 6.51. The summed E-state index contributed by atoms with van der Waals surface area (Å²) in [6.45, 7) is 0.792. The minimum Gasteiger partial charge on any atom is -0.338 e. The van der Waals surface area contributed by atoms with Gasteiger partial charge in [-0.15, -0.1) is 11.8 Å². The Hall–Kier alpha value is -5.70. The van der Waals surface area contributed by atoms with Crippen molar-refractivity contribution in [2.24, 2.45) is 0 Å². The van der Waals surface area contributed by atoms with Crippen LogP contribution in [-0.4, -0.2) is 98.3 Å². The molecule has 50 heavy (non-hydrogen) atoms. The number of fused-ring (bicyclic) bond motifs is 2. The molecular formula is C35H29FN6O7S. The first kappa shape index (κ1) is 32.8. The second-order valence-corrected chi connectivity index (χ2v) is 13.1. The molecule has 0 spiro atoms. The summed E-state index contributed by atoms with van der Waals surface area (Å²) in [6, 6.07) is 14.9. The van der Waals surface area contributed by atoms with Crippen LogP contribution in [0, 0.1) is 5.82 Å². The van der Waals surface area contributed by atoms with E-state index in [2.05, 4.69) is 15.5 Å². The number of rotatable bonds is 7. The molecule has 2 N–H and O–H groups in total. The molecule has 2 saturated heterocycles. The van der Waals surface area contributed by atoms with Gasteiger partial charge in [-0.25, -0.2) is 9.49 Å². The van der Waals surface area contributed by atoms with E-state index >= 15 is 0 Å². The Morgan fingerprint density at radius 3 is 2.38 bits per heavy atom. The van der Waals surface area contributed by atoms with Crippen molar-refractivity contribution in [2.45, 2.75) is 30.2 Å². The van der Waals surface area contributed by atoms with Gasteiger partial charge in [0.05, 0.1) is 33.5 Å². The molecule has 4 aromatic rings. The van der Waals surface area contributed by atoms with Crippen LogP contribution in [0.3, 0.4) is 0 Å². The van der Waals surface area contributed by atoms with Crippen LogP contribution < -0.4 is 10.9 Å². The van der Waals surface area contributed by atoms with Gasteiger partial charge in [0.25, 0.3) is 23.3 Å². The number of amides is 6. The molecular weight excluding hydrogens is 667 g/mol. The summed E-state index contributed by atoms with van der Waals surface area (Å²) in [5.74, 6) is -3.91. The van der Waals surface area contributed by atoms with Gasteiger partial charge in [0, 0.05) is 49.3 Å². The lowest BCUT2D eigenvalue weighted by atomic mass is 10.0. The van der Waals surface area contributed by atoms with Crippen LogP contribution >= 0.6 is 11.8 Å². The number of hydrogen-bond acceptors (Lipinski definition) is 9. The molecule has 254 valence electrons. The van der Waals surface area contributed by atoms with E-state index < -0.39 is 41.4 Å². The molecule has 4 heterocycles. The number of carbonyl (C=O) groups is 6. The van der Waals surface area contributed by atoms with Crippen molar-refractivity contribution in [1.29, 1.82) is 0 Å². The Kier molecular flexibility index (Phi) is 8.74. The van der Waals surface area contributed by atoms with E-state index in [1.54, 1.807) is 47.4 Å². The summed E-state index contributed by atoms with van der Waals surface area (Å²) in [5, 5.41) is 9.98. The van der Waals surface area contributed by atoms with Crippen molar-refractivity contribution < 1.29 is 33.2 Å². The predicted molar refractivity (Wildman–Crippen MR) is 178 cm³/mol. The van der Waals surface area contributed by atoms with Crippen LogP contribution in [0.25, 0.3) is 10.8 Å². The number of nitrogens with zero attached hydrogens (tertiary/aromatic N) is 4. The van der Waals surface area contributed by atoms with Gasteiger partial charge in [0.1, 0.15) is 11.9 Å². The Morgan fingerprint density at radius 1 is 0.880 bits per heavy atom. The van der Waals surface area contributed by atoms with Crippen molar-refractivity contribution in [2.75, 3.05) is 31.9 Å². The molecule has 3 aliphatic rings. The zero-order chi connectivity index (χ0) is 35.1. The predicted octanol–water partition coefficient (Wildman–Crippen LogP) is 2.13. The van der Waals surface area contributed by atoms with Gasteiger partial charge in [-0.2, -0.15) is 5.10 Å². The minimum atomic E-state index is -1.09. The summed E-state index contributed by atoms with van der Waals surface area (Å²) >= 11 is 1.09. The lowest BCUT2D eigenvalue weighted by Gasteiger charge is -2.35. The summed E-state index contributed by atoms with van der Waals surface area (Å²) < 4.78 is 14.9. The van der Waals surface area contributed by atoms with Crippen LogP contribution in [0.15, 0.2) is 70.4 Å². The summed E-state index contributed by atoms with van der Waals surface area (Å²) in [6.07, 6.45) is 0.306. The van der Waals surface area contributed by atoms with E-state index in [-0.39, 0.29) is 79.4 Å². The van der Waals surface area contributed by atoms with E-state index in [1.165, 1.54) is 23.1 Å². The van der Waals surface area contributed by atoms with E-state index in [0.717, 1.165) is 16.7 Å². The highest BCUT2D eigenvalue weighted by atomic mass is 32.2.